The Kier molecular flexibility index (Phi) is 4.38. The second-order valence-electron chi connectivity index (χ2n) is 4.80. The Hall–Kier alpha value is -2.62. The molecule has 0 fully saturated rings. The summed E-state index contributed by atoms with van der Waals surface area (Å²) < 4.78 is 4.82. The first kappa shape index (κ1) is 14.8. The number of esters is 1. The number of aryl methyl sites for hydroxylation is 1. The van der Waals surface area contributed by atoms with Crippen LogP contribution in [0.1, 0.15) is 22.8 Å². The van der Waals surface area contributed by atoms with Gasteiger partial charge in [-0.25, -0.2) is 4.79 Å². The lowest BCUT2D eigenvalue weighted by Gasteiger charge is -2.10. The van der Waals surface area contributed by atoms with Gasteiger partial charge in [0, 0.05) is 12.6 Å². The SMILES string of the molecule is COC(=O)c1ccc(C)cc1-c1ccc(NC(C)=O)cc1. The molecule has 2 aromatic rings. The highest BCUT2D eigenvalue weighted by Gasteiger charge is 2.13. The lowest BCUT2D eigenvalue weighted by molar-refractivity contribution is -0.114. The van der Waals surface area contributed by atoms with Crippen molar-refractivity contribution in [2.24, 2.45) is 0 Å². The highest BCUT2D eigenvalue weighted by molar-refractivity contribution is 5.97. The number of benzene rings is 2. The molecule has 0 bridgehead atoms. The predicted octanol–water partition coefficient (Wildman–Crippen LogP) is 3.41. The molecule has 0 saturated carbocycles. The molecule has 0 aromatic heterocycles. The second kappa shape index (κ2) is 6.22. The molecule has 4 nitrogen and oxygen atoms in total. The predicted molar refractivity (Wildman–Crippen MR) is 82.3 cm³/mol. The van der Waals surface area contributed by atoms with Gasteiger partial charge in [0.25, 0.3) is 0 Å². The summed E-state index contributed by atoms with van der Waals surface area (Å²) in [5.74, 6) is -0.482. The maximum atomic E-state index is 11.9. The van der Waals surface area contributed by atoms with E-state index in [2.05, 4.69) is 5.32 Å². The van der Waals surface area contributed by atoms with Crippen molar-refractivity contribution in [1.82, 2.24) is 0 Å². The van der Waals surface area contributed by atoms with E-state index < -0.39 is 0 Å². The molecule has 0 radical (unpaired) electrons. The third-order valence-electron chi connectivity index (χ3n) is 3.10. The average molecular weight is 283 g/mol. The molecule has 0 unspecified atom stereocenters. The molecule has 108 valence electrons. The van der Waals surface area contributed by atoms with Gasteiger partial charge in [0.2, 0.25) is 5.91 Å². The molecule has 0 atom stereocenters. The summed E-state index contributed by atoms with van der Waals surface area (Å²) in [4.78, 5) is 22.9. The fourth-order valence-electron chi connectivity index (χ4n) is 2.12. The summed E-state index contributed by atoms with van der Waals surface area (Å²) in [5.41, 5.74) is 4.02. The lowest BCUT2D eigenvalue weighted by Crippen LogP contribution is -2.06. The molecule has 21 heavy (non-hydrogen) atoms. The van der Waals surface area contributed by atoms with E-state index in [1.54, 1.807) is 18.2 Å². The van der Waals surface area contributed by atoms with Gasteiger partial charge in [-0.05, 0) is 36.2 Å². The number of carbonyl (C=O) groups is 2. The van der Waals surface area contributed by atoms with E-state index in [0.29, 0.717) is 5.56 Å². The topological polar surface area (TPSA) is 55.4 Å². The molecule has 2 aromatic carbocycles. The molecular formula is C17H17NO3. The third-order valence-corrected chi connectivity index (χ3v) is 3.10. The summed E-state index contributed by atoms with van der Waals surface area (Å²) >= 11 is 0. The Labute approximate surface area is 123 Å². The van der Waals surface area contributed by atoms with Crippen molar-refractivity contribution in [3.63, 3.8) is 0 Å². The first-order chi connectivity index (χ1) is 10.0. The minimum Gasteiger partial charge on any atom is -0.465 e. The van der Waals surface area contributed by atoms with Gasteiger partial charge in [-0.15, -0.1) is 0 Å². The summed E-state index contributed by atoms with van der Waals surface area (Å²) in [6, 6.07) is 12.9. The van der Waals surface area contributed by atoms with Gasteiger partial charge < -0.3 is 10.1 Å². The summed E-state index contributed by atoms with van der Waals surface area (Å²) in [6.45, 7) is 3.43. The molecule has 0 aliphatic carbocycles. The standard InChI is InChI=1S/C17H17NO3/c1-11-4-9-15(17(20)21-3)16(10-11)13-5-7-14(8-6-13)18-12(2)19/h4-10H,1-3H3,(H,18,19). The summed E-state index contributed by atoms with van der Waals surface area (Å²) in [5, 5.41) is 2.71. The van der Waals surface area contributed by atoms with Crippen LogP contribution in [0, 0.1) is 6.92 Å². The molecule has 4 heteroatoms. The molecule has 1 amide bonds. The molecule has 0 aliphatic heterocycles. The average Bonchev–Trinajstić information content (AvgIpc) is 2.46. The van der Waals surface area contributed by atoms with Crippen LogP contribution in [0.5, 0.6) is 0 Å². The van der Waals surface area contributed by atoms with Crippen molar-refractivity contribution in [3.8, 4) is 11.1 Å². The van der Waals surface area contributed by atoms with E-state index in [1.165, 1.54) is 14.0 Å². The summed E-state index contributed by atoms with van der Waals surface area (Å²) in [7, 11) is 1.37. The number of carbonyl (C=O) groups excluding carboxylic acids is 2. The van der Waals surface area contributed by atoms with Gasteiger partial charge in [0.05, 0.1) is 12.7 Å². The quantitative estimate of drug-likeness (QED) is 0.878. The van der Waals surface area contributed by atoms with Gasteiger partial charge in [0.15, 0.2) is 0 Å². The molecule has 0 heterocycles. The van der Waals surface area contributed by atoms with E-state index in [0.717, 1.165) is 22.4 Å². The zero-order chi connectivity index (χ0) is 15.4. The van der Waals surface area contributed by atoms with Gasteiger partial charge in [-0.3, -0.25) is 4.79 Å². The molecule has 1 N–H and O–H groups in total. The Morgan fingerprint density at radius 3 is 2.29 bits per heavy atom. The van der Waals surface area contributed by atoms with Gasteiger partial charge in [0.1, 0.15) is 0 Å². The van der Waals surface area contributed by atoms with Crippen LogP contribution in [0.3, 0.4) is 0 Å². The zero-order valence-electron chi connectivity index (χ0n) is 12.3. The Bertz CT molecular complexity index is 675. The van der Waals surface area contributed by atoms with Crippen LogP contribution in [0.25, 0.3) is 11.1 Å². The Morgan fingerprint density at radius 2 is 1.71 bits per heavy atom. The van der Waals surface area contributed by atoms with Crippen LogP contribution in [-0.2, 0) is 9.53 Å². The normalized spacial score (nSPS) is 10.0. The molecule has 2 rings (SSSR count). The van der Waals surface area contributed by atoms with Crippen molar-refractivity contribution < 1.29 is 14.3 Å². The van der Waals surface area contributed by atoms with Crippen molar-refractivity contribution >= 4 is 17.6 Å². The summed E-state index contributed by atoms with van der Waals surface area (Å²) in [6.07, 6.45) is 0. The number of nitrogens with one attached hydrogen (secondary N) is 1. The minimum absolute atomic E-state index is 0.117. The van der Waals surface area contributed by atoms with Gasteiger partial charge >= 0.3 is 5.97 Å². The van der Waals surface area contributed by atoms with Crippen LogP contribution in [0.4, 0.5) is 5.69 Å². The van der Waals surface area contributed by atoms with E-state index in [9.17, 15) is 9.59 Å². The molecule has 0 saturated heterocycles. The largest absolute Gasteiger partial charge is 0.465 e. The van der Waals surface area contributed by atoms with Crippen molar-refractivity contribution in [1.29, 1.82) is 0 Å². The molecular weight excluding hydrogens is 266 g/mol. The smallest absolute Gasteiger partial charge is 0.338 e. The Balaban J connectivity index is 2.43. The third kappa shape index (κ3) is 3.48. The number of hydrogen-bond acceptors (Lipinski definition) is 3. The van der Waals surface area contributed by atoms with Crippen LogP contribution >= 0.6 is 0 Å². The van der Waals surface area contributed by atoms with Crippen LogP contribution in [-0.4, -0.2) is 19.0 Å². The van der Waals surface area contributed by atoms with Crippen LogP contribution in [0.15, 0.2) is 42.5 Å². The first-order valence-electron chi connectivity index (χ1n) is 6.58. The number of anilines is 1. The number of ether oxygens (including phenoxy) is 1. The minimum atomic E-state index is -0.365. The van der Waals surface area contributed by atoms with Gasteiger partial charge in [-0.2, -0.15) is 0 Å². The maximum Gasteiger partial charge on any atom is 0.338 e. The molecule has 0 spiro atoms. The monoisotopic (exact) mass is 283 g/mol. The van der Waals surface area contributed by atoms with Crippen molar-refractivity contribution in [3.05, 3.63) is 53.6 Å². The zero-order valence-corrected chi connectivity index (χ0v) is 12.3. The lowest BCUT2D eigenvalue weighted by atomic mass is 9.97. The fraction of sp³-hybridized carbons (Fsp3) is 0.176. The number of amides is 1. The fourth-order valence-corrected chi connectivity index (χ4v) is 2.12. The van der Waals surface area contributed by atoms with E-state index in [4.69, 9.17) is 4.74 Å². The van der Waals surface area contributed by atoms with Crippen molar-refractivity contribution in [2.45, 2.75) is 13.8 Å². The van der Waals surface area contributed by atoms with E-state index in [1.807, 2.05) is 31.2 Å². The second-order valence-corrected chi connectivity index (χ2v) is 4.80. The number of hydrogen-bond donors (Lipinski definition) is 1. The Morgan fingerprint density at radius 1 is 1.05 bits per heavy atom. The van der Waals surface area contributed by atoms with Crippen molar-refractivity contribution in [2.75, 3.05) is 12.4 Å². The van der Waals surface area contributed by atoms with E-state index >= 15 is 0 Å². The molecule has 0 aliphatic rings. The maximum absolute atomic E-state index is 11.9. The first-order valence-corrected chi connectivity index (χ1v) is 6.58. The highest BCUT2D eigenvalue weighted by atomic mass is 16.5. The van der Waals surface area contributed by atoms with E-state index in [-0.39, 0.29) is 11.9 Å². The highest BCUT2D eigenvalue weighted by Crippen LogP contribution is 2.27. The van der Waals surface area contributed by atoms with Crippen LogP contribution in [0.2, 0.25) is 0 Å². The van der Waals surface area contributed by atoms with Gasteiger partial charge in [-0.1, -0.05) is 29.8 Å². The van der Waals surface area contributed by atoms with Crippen LogP contribution < -0.4 is 5.32 Å². The number of methoxy groups -OCH3 is 1. The number of rotatable bonds is 3.